The Morgan fingerprint density at radius 3 is 2.87 bits per heavy atom. The van der Waals surface area contributed by atoms with Gasteiger partial charge in [0.1, 0.15) is 0 Å². The second-order valence-corrected chi connectivity index (χ2v) is 3.76. The predicted molar refractivity (Wildman–Crippen MR) is 57.4 cm³/mol. The van der Waals surface area contributed by atoms with Crippen LogP contribution in [-0.4, -0.2) is 22.4 Å². The van der Waals surface area contributed by atoms with Gasteiger partial charge in [0, 0.05) is 6.54 Å². The summed E-state index contributed by atoms with van der Waals surface area (Å²) in [5.74, 6) is -0.0891. The van der Waals surface area contributed by atoms with Gasteiger partial charge in [0.25, 0.3) is 0 Å². The number of ether oxygens (including phenoxy) is 1. The Morgan fingerprint density at radius 1 is 1.67 bits per heavy atom. The molecule has 5 nitrogen and oxygen atoms in total. The minimum Gasteiger partial charge on any atom is -0.461 e. The topological polar surface area (TPSA) is 70.1 Å². The number of aryl methyl sites for hydroxylation is 1. The zero-order chi connectivity index (χ0) is 11.4. The number of anilines is 1. The molecule has 0 aliphatic heterocycles. The lowest BCUT2D eigenvalue weighted by Gasteiger charge is -2.08. The van der Waals surface area contributed by atoms with E-state index in [2.05, 4.69) is 5.10 Å². The van der Waals surface area contributed by atoms with Crippen molar-refractivity contribution in [1.29, 1.82) is 0 Å². The van der Waals surface area contributed by atoms with Crippen molar-refractivity contribution >= 4 is 11.7 Å². The number of hydrogen-bond donors (Lipinski definition) is 1. The van der Waals surface area contributed by atoms with Crippen molar-refractivity contribution in [3.05, 3.63) is 11.9 Å². The van der Waals surface area contributed by atoms with Crippen molar-refractivity contribution in [3.63, 3.8) is 0 Å². The molecule has 1 aromatic heterocycles. The first kappa shape index (κ1) is 11.6. The highest BCUT2D eigenvalue weighted by molar-refractivity contribution is 5.93. The maximum absolute atomic E-state index is 11.6. The highest BCUT2D eigenvalue weighted by Gasteiger charge is 2.17. The Bertz CT molecular complexity index is 344. The summed E-state index contributed by atoms with van der Waals surface area (Å²) in [7, 11) is 0. The van der Waals surface area contributed by atoms with Crippen LogP contribution in [0.3, 0.4) is 0 Å². The molecule has 2 N–H and O–H groups in total. The number of rotatable bonds is 4. The molecule has 1 rings (SSSR count). The summed E-state index contributed by atoms with van der Waals surface area (Å²) < 4.78 is 6.63. The summed E-state index contributed by atoms with van der Waals surface area (Å²) in [6.07, 6.45) is 1.47. The Balaban J connectivity index is 2.76. The number of nitrogen functional groups attached to an aromatic ring is 1. The van der Waals surface area contributed by atoms with Crippen molar-refractivity contribution in [1.82, 2.24) is 9.78 Å². The first-order chi connectivity index (χ1) is 7.06. The standard InChI is InChI=1S/C10H17N3O2/c1-4-13-9(8(11)5-12-13)10(14)15-6-7(2)3/h5,7H,4,6,11H2,1-3H3. The lowest BCUT2D eigenvalue weighted by Crippen LogP contribution is -2.16. The van der Waals surface area contributed by atoms with E-state index in [1.54, 1.807) is 0 Å². The third-order valence-electron chi connectivity index (χ3n) is 1.91. The quantitative estimate of drug-likeness (QED) is 0.762. The van der Waals surface area contributed by atoms with Gasteiger partial charge in [0.2, 0.25) is 0 Å². The van der Waals surface area contributed by atoms with Crippen LogP contribution >= 0.6 is 0 Å². The van der Waals surface area contributed by atoms with E-state index < -0.39 is 5.97 Å². The molecule has 0 aliphatic rings. The summed E-state index contributed by atoms with van der Waals surface area (Å²) in [6, 6.07) is 0. The average Bonchev–Trinajstić information content (AvgIpc) is 2.56. The van der Waals surface area contributed by atoms with Gasteiger partial charge >= 0.3 is 5.97 Å². The number of carbonyl (C=O) groups excluding carboxylic acids is 1. The van der Waals surface area contributed by atoms with Crippen LogP contribution in [0.25, 0.3) is 0 Å². The van der Waals surface area contributed by atoms with Crippen LogP contribution in [0.4, 0.5) is 5.69 Å². The van der Waals surface area contributed by atoms with E-state index in [0.29, 0.717) is 30.5 Å². The summed E-state index contributed by atoms with van der Waals surface area (Å²) in [5.41, 5.74) is 6.35. The fraction of sp³-hybridized carbons (Fsp3) is 0.600. The SMILES string of the molecule is CCn1ncc(N)c1C(=O)OCC(C)C. The van der Waals surface area contributed by atoms with Crippen molar-refractivity contribution in [2.75, 3.05) is 12.3 Å². The lowest BCUT2D eigenvalue weighted by atomic mass is 10.2. The van der Waals surface area contributed by atoms with Gasteiger partial charge < -0.3 is 10.5 Å². The van der Waals surface area contributed by atoms with Gasteiger partial charge in [0.15, 0.2) is 5.69 Å². The number of carbonyl (C=O) groups is 1. The summed E-state index contributed by atoms with van der Waals surface area (Å²) in [5, 5.41) is 3.97. The highest BCUT2D eigenvalue weighted by Crippen LogP contribution is 2.12. The second kappa shape index (κ2) is 4.82. The van der Waals surface area contributed by atoms with Crippen molar-refractivity contribution in [3.8, 4) is 0 Å². The van der Waals surface area contributed by atoms with E-state index in [1.807, 2.05) is 20.8 Å². The second-order valence-electron chi connectivity index (χ2n) is 3.76. The predicted octanol–water partition coefficient (Wildman–Crippen LogP) is 1.30. The molecule has 0 spiro atoms. The van der Waals surface area contributed by atoms with Crippen molar-refractivity contribution in [2.24, 2.45) is 5.92 Å². The van der Waals surface area contributed by atoms with E-state index >= 15 is 0 Å². The van der Waals surface area contributed by atoms with E-state index in [-0.39, 0.29) is 0 Å². The molecule has 1 heterocycles. The smallest absolute Gasteiger partial charge is 0.358 e. The van der Waals surface area contributed by atoms with Gasteiger partial charge in [-0.3, -0.25) is 4.68 Å². The normalized spacial score (nSPS) is 10.7. The molecule has 0 bridgehead atoms. The average molecular weight is 211 g/mol. The molecular formula is C10H17N3O2. The van der Waals surface area contributed by atoms with Crippen LogP contribution in [0.1, 0.15) is 31.3 Å². The van der Waals surface area contributed by atoms with Gasteiger partial charge in [-0.2, -0.15) is 5.10 Å². The Hall–Kier alpha value is -1.52. The molecule has 0 radical (unpaired) electrons. The third kappa shape index (κ3) is 2.71. The van der Waals surface area contributed by atoms with Gasteiger partial charge in [-0.05, 0) is 12.8 Å². The van der Waals surface area contributed by atoms with Gasteiger partial charge in [0.05, 0.1) is 18.5 Å². The number of esters is 1. The number of nitrogens with two attached hydrogens (primary N) is 1. The largest absolute Gasteiger partial charge is 0.461 e. The van der Waals surface area contributed by atoms with Crippen LogP contribution in [0, 0.1) is 5.92 Å². The van der Waals surface area contributed by atoms with Gasteiger partial charge in [-0.15, -0.1) is 0 Å². The minimum absolute atomic E-state index is 0.313. The molecule has 0 fully saturated rings. The zero-order valence-electron chi connectivity index (χ0n) is 9.36. The molecule has 1 aromatic rings. The molecule has 0 saturated heterocycles. The van der Waals surface area contributed by atoms with Crippen molar-refractivity contribution < 1.29 is 9.53 Å². The fourth-order valence-electron chi connectivity index (χ4n) is 1.17. The molecular weight excluding hydrogens is 194 g/mol. The minimum atomic E-state index is -0.402. The molecule has 0 aromatic carbocycles. The summed E-state index contributed by atoms with van der Waals surface area (Å²) in [6.45, 7) is 6.85. The number of hydrogen-bond acceptors (Lipinski definition) is 4. The third-order valence-corrected chi connectivity index (χ3v) is 1.91. The van der Waals surface area contributed by atoms with Crippen LogP contribution in [0.15, 0.2) is 6.20 Å². The van der Waals surface area contributed by atoms with Gasteiger partial charge in [-0.1, -0.05) is 13.8 Å². The molecule has 0 amide bonds. The Morgan fingerprint density at radius 2 is 2.33 bits per heavy atom. The zero-order valence-corrected chi connectivity index (χ0v) is 9.36. The highest BCUT2D eigenvalue weighted by atomic mass is 16.5. The van der Waals surface area contributed by atoms with E-state index in [1.165, 1.54) is 10.9 Å². The molecule has 0 aliphatic carbocycles. The number of nitrogens with zero attached hydrogens (tertiary/aromatic N) is 2. The lowest BCUT2D eigenvalue weighted by molar-refractivity contribution is 0.0446. The van der Waals surface area contributed by atoms with Crippen LogP contribution in [0.2, 0.25) is 0 Å². The van der Waals surface area contributed by atoms with E-state index in [9.17, 15) is 4.79 Å². The van der Waals surface area contributed by atoms with Crippen LogP contribution in [0.5, 0.6) is 0 Å². The monoisotopic (exact) mass is 211 g/mol. The van der Waals surface area contributed by atoms with E-state index in [0.717, 1.165) is 0 Å². The summed E-state index contributed by atoms with van der Waals surface area (Å²) in [4.78, 5) is 11.6. The molecule has 0 saturated carbocycles. The fourth-order valence-corrected chi connectivity index (χ4v) is 1.17. The maximum atomic E-state index is 11.6. The first-order valence-corrected chi connectivity index (χ1v) is 5.04. The summed E-state index contributed by atoms with van der Waals surface area (Å²) >= 11 is 0. The Labute approximate surface area is 89.2 Å². The van der Waals surface area contributed by atoms with Crippen LogP contribution in [-0.2, 0) is 11.3 Å². The van der Waals surface area contributed by atoms with E-state index in [4.69, 9.17) is 10.5 Å². The van der Waals surface area contributed by atoms with Crippen LogP contribution < -0.4 is 5.73 Å². The Kier molecular flexibility index (Phi) is 3.71. The maximum Gasteiger partial charge on any atom is 0.358 e. The molecule has 0 unspecified atom stereocenters. The number of aromatic nitrogens is 2. The molecule has 0 atom stereocenters. The molecule has 15 heavy (non-hydrogen) atoms. The van der Waals surface area contributed by atoms with Gasteiger partial charge in [-0.25, -0.2) is 4.79 Å². The van der Waals surface area contributed by atoms with Crippen molar-refractivity contribution in [2.45, 2.75) is 27.3 Å². The molecule has 84 valence electrons. The first-order valence-electron chi connectivity index (χ1n) is 5.04. The molecule has 5 heteroatoms.